The van der Waals surface area contributed by atoms with Crippen LogP contribution < -0.4 is 10.2 Å². The maximum atomic E-state index is 10.5. The molecule has 3 N–H and O–H groups in total. The number of nitrogens with one attached hydrogen (secondary N) is 1. The topological polar surface area (TPSA) is 55.7 Å². The van der Waals surface area contributed by atoms with Crippen molar-refractivity contribution in [3.05, 3.63) is 54.1 Å². The Labute approximate surface area is 147 Å². The van der Waals surface area contributed by atoms with Gasteiger partial charge in [-0.05, 0) is 63.7 Å². The lowest BCUT2D eigenvalue weighted by Gasteiger charge is -2.53. The number of aromatic hydroxyl groups is 2. The highest BCUT2D eigenvalue weighted by Gasteiger charge is 2.47. The molecule has 0 bridgehead atoms. The minimum absolute atomic E-state index is 0.0434. The molecular formula is C19H22N2O2S. The minimum Gasteiger partial charge on any atom is -0.508 e. The van der Waals surface area contributed by atoms with Gasteiger partial charge >= 0.3 is 0 Å². The molecule has 2 aromatic rings. The first-order valence-electron chi connectivity index (χ1n) is 7.93. The number of phenolic OH excluding ortho intramolecular Hbond substituents is 2. The van der Waals surface area contributed by atoms with Crippen molar-refractivity contribution >= 4 is 23.0 Å². The summed E-state index contributed by atoms with van der Waals surface area (Å²) >= 11 is 5.66. The second kappa shape index (κ2) is 5.67. The molecule has 0 amide bonds. The molecule has 1 fully saturated rings. The number of para-hydroxylation sites is 1. The maximum Gasteiger partial charge on any atom is 0.174 e. The summed E-state index contributed by atoms with van der Waals surface area (Å²) in [5, 5.41) is 24.1. The molecule has 4 nitrogen and oxygen atoms in total. The Kier molecular flexibility index (Phi) is 3.92. The van der Waals surface area contributed by atoms with Crippen molar-refractivity contribution in [3.63, 3.8) is 0 Å². The first kappa shape index (κ1) is 16.6. The van der Waals surface area contributed by atoms with Crippen LogP contribution in [-0.2, 0) is 5.54 Å². The van der Waals surface area contributed by atoms with Gasteiger partial charge in [0, 0.05) is 22.9 Å². The average molecular weight is 342 g/mol. The van der Waals surface area contributed by atoms with Gasteiger partial charge < -0.3 is 20.4 Å². The number of hydrogen-bond donors (Lipinski definition) is 3. The summed E-state index contributed by atoms with van der Waals surface area (Å²) in [6.07, 6.45) is 0.730. The molecule has 24 heavy (non-hydrogen) atoms. The number of nitrogens with zero attached hydrogens (tertiary/aromatic N) is 1. The third-order valence-electron chi connectivity index (χ3n) is 4.50. The fraction of sp³-hybridized carbons (Fsp3) is 0.316. The summed E-state index contributed by atoms with van der Waals surface area (Å²) in [6, 6.07) is 14.6. The zero-order chi connectivity index (χ0) is 17.5. The molecule has 0 saturated carbocycles. The van der Waals surface area contributed by atoms with Gasteiger partial charge in [-0.2, -0.15) is 0 Å². The second-order valence-electron chi connectivity index (χ2n) is 7.14. The summed E-state index contributed by atoms with van der Waals surface area (Å²) in [4.78, 5) is 2.04. The van der Waals surface area contributed by atoms with E-state index < -0.39 is 5.54 Å². The number of rotatable bonds is 2. The zero-order valence-corrected chi connectivity index (χ0v) is 14.9. The van der Waals surface area contributed by atoms with E-state index >= 15 is 0 Å². The van der Waals surface area contributed by atoms with Gasteiger partial charge in [-0.25, -0.2) is 0 Å². The Balaban J connectivity index is 2.19. The molecule has 5 heteroatoms. The molecule has 0 aromatic heterocycles. The Morgan fingerprint density at radius 1 is 1.04 bits per heavy atom. The van der Waals surface area contributed by atoms with Crippen LogP contribution in [0.4, 0.5) is 5.69 Å². The summed E-state index contributed by atoms with van der Waals surface area (Å²) in [5.41, 5.74) is 0.924. The maximum absolute atomic E-state index is 10.5. The van der Waals surface area contributed by atoms with Crippen LogP contribution in [0.5, 0.6) is 11.5 Å². The van der Waals surface area contributed by atoms with Gasteiger partial charge in [0.05, 0.1) is 5.54 Å². The van der Waals surface area contributed by atoms with Crippen LogP contribution in [0.3, 0.4) is 0 Å². The highest BCUT2D eigenvalue weighted by Crippen LogP contribution is 2.45. The van der Waals surface area contributed by atoms with Crippen molar-refractivity contribution in [2.75, 3.05) is 4.90 Å². The molecule has 1 aliphatic heterocycles. The number of benzene rings is 2. The van der Waals surface area contributed by atoms with Crippen LogP contribution >= 0.6 is 12.2 Å². The standard InChI is InChI=1S/C19H22N2O2S/c1-18(2)12-19(3,15-10-9-14(22)11-16(15)23)21(17(24)20-18)13-7-5-4-6-8-13/h4-11,22-23H,12H2,1-3H3,(H,20,24). The van der Waals surface area contributed by atoms with E-state index in [-0.39, 0.29) is 17.0 Å². The van der Waals surface area contributed by atoms with Gasteiger partial charge in [0.15, 0.2) is 5.11 Å². The monoisotopic (exact) mass is 342 g/mol. The number of thiocarbonyl (C=S) groups is 1. The normalized spacial score (nSPS) is 23.0. The Bertz CT molecular complexity index is 776. The van der Waals surface area contributed by atoms with Gasteiger partial charge in [0.25, 0.3) is 0 Å². The van der Waals surface area contributed by atoms with Crippen molar-refractivity contribution in [3.8, 4) is 11.5 Å². The molecule has 1 saturated heterocycles. The van der Waals surface area contributed by atoms with E-state index in [1.54, 1.807) is 12.1 Å². The molecule has 1 atom stereocenters. The number of hydrogen-bond acceptors (Lipinski definition) is 3. The van der Waals surface area contributed by atoms with E-state index in [2.05, 4.69) is 26.1 Å². The van der Waals surface area contributed by atoms with Crippen LogP contribution in [0.15, 0.2) is 48.5 Å². The first-order valence-corrected chi connectivity index (χ1v) is 8.34. The lowest BCUT2D eigenvalue weighted by molar-refractivity contribution is 0.275. The molecule has 2 aromatic carbocycles. The van der Waals surface area contributed by atoms with E-state index in [1.807, 2.05) is 35.2 Å². The molecule has 126 valence electrons. The highest BCUT2D eigenvalue weighted by molar-refractivity contribution is 7.80. The number of anilines is 1. The van der Waals surface area contributed by atoms with Crippen molar-refractivity contribution < 1.29 is 10.2 Å². The zero-order valence-electron chi connectivity index (χ0n) is 14.1. The van der Waals surface area contributed by atoms with Crippen LogP contribution in [0.25, 0.3) is 0 Å². The molecule has 0 spiro atoms. The third kappa shape index (κ3) is 2.80. The van der Waals surface area contributed by atoms with Gasteiger partial charge in [-0.1, -0.05) is 18.2 Å². The summed E-state index contributed by atoms with van der Waals surface area (Å²) in [6.45, 7) is 6.26. The highest BCUT2D eigenvalue weighted by atomic mass is 32.1. The molecular weight excluding hydrogens is 320 g/mol. The fourth-order valence-corrected chi connectivity index (χ4v) is 4.31. The van der Waals surface area contributed by atoms with Crippen molar-refractivity contribution in [1.29, 1.82) is 0 Å². The summed E-state index contributed by atoms with van der Waals surface area (Å²) in [5.74, 6) is 0.112. The Morgan fingerprint density at radius 3 is 2.33 bits per heavy atom. The third-order valence-corrected chi connectivity index (χ3v) is 4.79. The Hall–Kier alpha value is -2.27. The van der Waals surface area contributed by atoms with Gasteiger partial charge in [-0.3, -0.25) is 0 Å². The smallest absolute Gasteiger partial charge is 0.174 e. The second-order valence-corrected chi connectivity index (χ2v) is 7.52. The van der Waals surface area contributed by atoms with Crippen LogP contribution in [0.1, 0.15) is 32.8 Å². The lowest BCUT2D eigenvalue weighted by Crippen LogP contribution is -2.65. The fourth-order valence-electron chi connectivity index (χ4n) is 3.72. The van der Waals surface area contributed by atoms with E-state index in [4.69, 9.17) is 12.2 Å². The van der Waals surface area contributed by atoms with Crippen molar-refractivity contribution in [2.24, 2.45) is 0 Å². The van der Waals surface area contributed by atoms with Crippen LogP contribution in [0.2, 0.25) is 0 Å². The quantitative estimate of drug-likeness (QED) is 0.723. The average Bonchev–Trinajstić information content (AvgIpc) is 2.45. The molecule has 1 heterocycles. The molecule has 1 unspecified atom stereocenters. The van der Waals surface area contributed by atoms with E-state index in [1.165, 1.54) is 6.07 Å². The molecule has 0 aliphatic carbocycles. The van der Waals surface area contributed by atoms with Crippen molar-refractivity contribution in [2.45, 2.75) is 38.3 Å². The van der Waals surface area contributed by atoms with Crippen LogP contribution in [0, 0.1) is 0 Å². The molecule has 0 radical (unpaired) electrons. The largest absolute Gasteiger partial charge is 0.508 e. The first-order chi connectivity index (χ1) is 11.2. The van der Waals surface area contributed by atoms with Gasteiger partial charge in [0.2, 0.25) is 0 Å². The van der Waals surface area contributed by atoms with E-state index in [9.17, 15) is 10.2 Å². The SMILES string of the molecule is CC1(C)CC(C)(c2ccc(O)cc2O)N(c2ccccc2)C(=S)N1. The van der Waals surface area contributed by atoms with E-state index in [0.717, 1.165) is 17.7 Å². The minimum atomic E-state index is -0.551. The summed E-state index contributed by atoms with van der Waals surface area (Å²) in [7, 11) is 0. The van der Waals surface area contributed by atoms with Gasteiger partial charge in [0.1, 0.15) is 11.5 Å². The van der Waals surface area contributed by atoms with Gasteiger partial charge in [-0.15, -0.1) is 0 Å². The predicted octanol–water partition coefficient (Wildman–Crippen LogP) is 3.88. The summed E-state index contributed by atoms with van der Waals surface area (Å²) < 4.78 is 0. The van der Waals surface area contributed by atoms with Crippen LogP contribution in [-0.4, -0.2) is 20.9 Å². The van der Waals surface area contributed by atoms with Crippen molar-refractivity contribution in [1.82, 2.24) is 5.32 Å². The van der Waals surface area contributed by atoms with E-state index in [0.29, 0.717) is 5.11 Å². The predicted molar refractivity (Wildman–Crippen MR) is 100 cm³/mol. The lowest BCUT2D eigenvalue weighted by atomic mass is 9.76. The number of phenols is 2. The molecule has 1 aliphatic rings. The molecule has 3 rings (SSSR count). The Morgan fingerprint density at radius 2 is 1.71 bits per heavy atom.